The maximum Gasteiger partial charge on any atom is 0.339 e. The van der Waals surface area contributed by atoms with Crippen LogP contribution in [0.25, 0.3) is 21.7 Å². The number of aromatic hydroxyl groups is 1. The fraction of sp³-hybridized carbons (Fsp3) is 0.226. The van der Waals surface area contributed by atoms with Gasteiger partial charge in [-0.2, -0.15) is 0 Å². The molecule has 1 saturated heterocycles. The van der Waals surface area contributed by atoms with E-state index in [1.165, 1.54) is 18.4 Å². The quantitative estimate of drug-likeness (QED) is 0.244. The number of furan rings is 1. The van der Waals surface area contributed by atoms with E-state index >= 15 is 0 Å². The molecule has 39 heavy (non-hydrogen) atoms. The van der Waals surface area contributed by atoms with E-state index in [0.29, 0.717) is 33.2 Å². The van der Waals surface area contributed by atoms with Crippen LogP contribution in [0.5, 0.6) is 11.6 Å². The normalized spacial score (nSPS) is 15.0. The lowest BCUT2D eigenvalue weighted by molar-refractivity contribution is 0.0698. The Hall–Kier alpha value is -4.43. The summed E-state index contributed by atoms with van der Waals surface area (Å²) in [7, 11) is 0. The molecule has 7 nitrogen and oxygen atoms in total. The van der Waals surface area contributed by atoms with Crippen molar-refractivity contribution in [1.29, 1.82) is 0 Å². The predicted octanol–water partition coefficient (Wildman–Crippen LogP) is 6.68. The second-order valence-electron chi connectivity index (χ2n) is 9.81. The Bertz CT molecular complexity index is 1660. The van der Waals surface area contributed by atoms with E-state index < -0.39 is 12.0 Å². The average Bonchev–Trinajstić information content (AvgIpc) is 3.41. The molecule has 0 bridgehead atoms. The van der Waals surface area contributed by atoms with Gasteiger partial charge in [0, 0.05) is 34.0 Å². The Kier molecular flexibility index (Phi) is 6.62. The first-order chi connectivity index (χ1) is 19.0. The van der Waals surface area contributed by atoms with Gasteiger partial charge in [-0.1, -0.05) is 42.8 Å². The molecule has 198 valence electrons. The first kappa shape index (κ1) is 24.9. The maximum atomic E-state index is 13.3. The number of carboxylic acid groups (broad SMARTS) is 1. The largest absolute Gasteiger partial charge is 0.507 e. The van der Waals surface area contributed by atoms with Crippen LogP contribution in [0.3, 0.4) is 0 Å². The molecule has 1 fully saturated rings. The fourth-order valence-corrected chi connectivity index (χ4v) is 5.55. The number of pyridine rings is 1. The van der Waals surface area contributed by atoms with E-state index in [1.807, 2.05) is 36.4 Å². The number of carboxylic acids is 1. The minimum atomic E-state index is -1.12. The zero-order valence-electron chi connectivity index (χ0n) is 21.1. The first-order valence-electron chi connectivity index (χ1n) is 13.0. The van der Waals surface area contributed by atoms with E-state index in [1.54, 1.807) is 18.3 Å². The van der Waals surface area contributed by atoms with Gasteiger partial charge in [0.2, 0.25) is 5.88 Å². The highest BCUT2D eigenvalue weighted by molar-refractivity contribution is 6.15. The number of fused-ring (bicyclic) bond motifs is 3. The number of likely N-dealkylation sites (tertiary alicyclic amines) is 1. The number of aromatic nitrogens is 1. The number of rotatable bonds is 7. The molecule has 1 aliphatic heterocycles. The summed E-state index contributed by atoms with van der Waals surface area (Å²) < 4.78 is 25.1. The van der Waals surface area contributed by atoms with Crippen molar-refractivity contribution in [3.8, 4) is 11.6 Å². The van der Waals surface area contributed by atoms with E-state index in [9.17, 15) is 19.4 Å². The standard InChI is InChI=1S/C31H27FN2O5/c32-21-10-8-19(9-11-21)17-38-25-16-20(12-13-33-25)28(34-14-4-1-5-15-34)27-26-24(31(36)37)18-39-30(26)23-7-3-2-6-22(23)29(27)35/h2-3,6-13,16,18,28,35H,1,4-5,14-15,17H2,(H,36,37). The summed E-state index contributed by atoms with van der Waals surface area (Å²) in [5, 5.41) is 23.4. The Morgan fingerprint density at radius 3 is 2.54 bits per heavy atom. The molecule has 2 N–H and O–H groups in total. The maximum absolute atomic E-state index is 13.3. The summed E-state index contributed by atoms with van der Waals surface area (Å²) >= 11 is 0. The van der Waals surface area contributed by atoms with Gasteiger partial charge in [0.25, 0.3) is 0 Å². The van der Waals surface area contributed by atoms with Gasteiger partial charge < -0.3 is 19.4 Å². The van der Waals surface area contributed by atoms with Crippen molar-refractivity contribution in [1.82, 2.24) is 9.88 Å². The topological polar surface area (TPSA) is 96.0 Å². The lowest BCUT2D eigenvalue weighted by Crippen LogP contribution is -2.34. The Balaban J connectivity index is 1.51. The van der Waals surface area contributed by atoms with Crippen molar-refractivity contribution < 1.29 is 28.6 Å². The number of hydrogen-bond donors (Lipinski definition) is 2. The molecule has 0 spiro atoms. The molecule has 0 aliphatic carbocycles. The SMILES string of the molecule is O=C(O)c1coc2c1c(C(c1ccnc(OCc3ccc(F)cc3)c1)N1CCCCC1)c(O)c1ccccc12. The molecule has 0 radical (unpaired) electrons. The van der Waals surface area contributed by atoms with Crippen LogP contribution >= 0.6 is 0 Å². The molecule has 8 heteroatoms. The van der Waals surface area contributed by atoms with Crippen LogP contribution in [0, 0.1) is 5.82 Å². The van der Waals surface area contributed by atoms with E-state index in [-0.39, 0.29) is 23.7 Å². The number of carbonyl (C=O) groups is 1. The molecule has 0 amide bonds. The molecule has 2 aromatic heterocycles. The number of aromatic carboxylic acids is 1. The summed E-state index contributed by atoms with van der Waals surface area (Å²) in [6.07, 6.45) is 5.99. The average molecular weight is 527 g/mol. The van der Waals surface area contributed by atoms with Crippen LogP contribution in [0.1, 0.15) is 52.4 Å². The second-order valence-corrected chi connectivity index (χ2v) is 9.81. The summed E-state index contributed by atoms with van der Waals surface area (Å²) in [5.74, 6) is -1.03. The lowest BCUT2D eigenvalue weighted by Gasteiger charge is -2.36. The third kappa shape index (κ3) is 4.68. The Morgan fingerprint density at radius 2 is 1.79 bits per heavy atom. The highest BCUT2D eigenvalue weighted by atomic mass is 19.1. The highest BCUT2D eigenvalue weighted by Gasteiger charge is 2.33. The molecule has 0 saturated carbocycles. The van der Waals surface area contributed by atoms with Crippen molar-refractivity contribution in [2.24, 2.45) is 0 Å². The third-order valence-corrected chi connectivity index (χ3v) is 7.38. The molecule has 1 atom stereocenters. The van der Waals surface area contributed by atoms with Gasteiger partial charge in [-0.05, 0) is 55.3 Å². The summed E-state index contributed by atoms with van der Waals surface area (Å²) in [6, 6.07) is 16.6. The van der Waals surface area contributed by atoms with Crippen LogP contribution in [-0.4, -0.2) is 39.2 Å². The zero-order chi connectivity index (χ0) is 26.9. The van der Waals surface area contributed by atoms with E-state index in [0.717, 1.165) is 43.5 Å². The van der Waals surface area contributed by atoms with Crippen molar-refractivity contribution in [3.63, 3.8) is 0 Å². The number of hydrogen-bond acceptors (Lipinski definition) is 6. The predicted molar refractivity (Wildman–Crippen MR) is 145 cm³/mol. The number of halogens is 1. The van der Waals surface area contributed by atoms with Crippen LogP contribution in [0.4, 0.5) is 4.39 Å². The highest BCUT2D eigenvalue weighted by Crippen LogP contribution is 2.47. The molecule has 1 aliphatic rings. The number of piperidine rings is 1. The number of phenolic OH excluding ortho intramolecular Hbond substituents is 1. The zero-order valence-corrected chi connectivity index (χ0v) is 21.1. The number of ether oxygens (including phenoxy) is 1. The van der Waals surface area contributed by atoms with Gasteiger partial charge in [-0.15, -0.1) is 0 Å². The summed E-state index contributed by atoms with van der Waals surface area (Å²) in [6.45, 7) is 1.78. The fourth-order valence-electron chi connectivity index (χ4n) is 5.55. The van der Waals surface area contributed by atoms with Crippen LogP contribution < -0.4 is 4.74 Å². The van der Waals surface area contributed by atoms with Gasteiger partial charge in [-0.25, -0.2) is 14.2 Å². The summed E-state index contributed by atoms with van der Waals surface area (Å²) in [4.78, 5) is 18.9. The molecular formula is C31H27FN2O5. The second kappa shape index (κ2) is 10.4. The number of phenols is 1. The van der Waals surface area contributed by atoms with E-state index in [4.69, 9.17) is 9.15 Å². The van der Waals surface area contributed by atoms with Crippen molar-refractivity contribution in [2.45, 2.75) is 31.9 Å². The van der Waals surface area contributed by atoms with Crippen molar-refractivity contribution in [2.75, 3.05) is 13.1 Å². The molecule has 5 aromatic rings. The molecule has 1 unspecified atom stereocenters. The number of benzene rings is 3. The van der Waals surface area contributed by atoms with Gasteiger partial charge in [0.1, 0.15) is 35.6 Å². The summed E-state index contributed by atoms with van der Waals surface area (Å²) in [5.41, 5.74) is 2.54. The van der Waals surface area contributed by atoms with Crippen molar-refractivity contribution >= 4 is 27.7 Å². The van der Waals surface area contributed by atoms with Crippen LogP contribution in [0.2, 0.25) is 0 Å². The molecule has 3 aromatic carbocycles. The van der Waals surface area contributed by atoms with Crippen LogP contribution in [0.15, 0.2) is 77.5 Å². The molecular weight excluding hydrogens is 499 g/mol. The van der Waals surface area contributed by atoms with Gasteiger partial charge in [-0.3, -0.25) is 4.90 Å². The number of nitrogens with zero attached hydrogens (tertiary/aromatic N) is 2. The molecule has 3 heterocycles. The smallest absolute Gasteiger partial charge is 0.339 e. The van der Waals surface area contributed by atoms with Crippen LogP contribution in [-0.2, 0) is 6.61 Å². The van der Waals surface area contributed by atoms with Gasteiger partial charge in [0.05, 0.1) is 6.04 Å². The molecule has 6 rings (SSSR count). The van der Waals surface area contributed by atoms with E-state index in [2.05, 4.69) is 9.88 Å². The first-order valence-corrected chi connectivity index (χ1v) is 13.0. The minimum absolute atomic E-state index is 0.00454. The third-order valence-electron chi connectivity index (χ3n) is 7.38. The Labute approximate surface area is 224 Å². The Morgan fingerprint density at radius 1 is 1.05 bits per heavy atom. The lowest BCUT2D eigenvalue weighted by atomic mass is 9.88. The van der Waals surface area contributed by atoms with Gasteiger partial charge in [0.15, 0.2) is 0 Å². The van der Waals surface area contributed by atoms with Crippen molar-refractivity contribution in [3.05, 3.63) is 101 Å². The van der Waals surface area contributed by atoms with Gasteiger partial charge >= 0.3 is 5.97 Å². The monoisotopic (exact) mass is 526 g/mol. The minimum Gasteiger partial charge on any atom is -0.507 e.